The minimum Gasteiger partial charge on any atom is -0.339 e. The summed E-state index contributed by atoms with van der Waals surface area (Å²) in [6.45, 7) is 13.7. The van der Waals surface area contributed by atoms with E-state index >= 15 is 0 Å². The van der Waals surface area contributed by atoms with Crippen molar-refractivity contribution in [2.45, 2.75) is 53.6 Å². The van der Waals surface area contributed by atoms with Crippen LogP contribution < -0.4 is 11.1 Å². The van der Waals surface area contributed by atoms with Crippen molar-refractivity contribution in [2.75, 3.05) is 5.32 Å². The first-order valence-corrected chi connectivity index (χ1v) is 10.8. The Morgan fingerprint density at radius 2 is 1.90 bits per heavy atom. The van der Waals surface area contributed by atoms with Gasteiger partial charge in [-0.1, -0.05) is 50.3 Å². The summed E-state index contributed by atoms with van der Waals surface area (Å²) in [5, 5.41) is 7.85. The number of hydrogen-bond donors (Lipinski definition) is 2. The third kappa shape index (κ3) is 5.82. The summed E-state index contributed by atoms with van der Waals surface area (Å²) in [4.78, 5) is 0. The Morgan fingerprint density at radius 1 is 1.13 bits per heavy atom. The average Bonchev–Trinajstić information content (AvgIpc) is 3.05. The molecule has 0 aliphatic carbocycles. The first kappa shape index (κ1) is 22.8. The van der Waals surface area contributed by atoms with Crippen LogP contribution in [0.2, 0.25) is 0 Å². The molecule has 1 heterocycles. The molecular weight excluding hydrogens is 387 g/mol. The molecule has 0 aliphatic rings. The van der Waals surface area contributed by atoms with Crippen molar-refractivity contribution < 1.29 is 4.39 Å². The zero-order chi connectivity index (χ0) is 22.5. The van der Waals surface area contributed by atoms with Crippen molar-refractivity contribution in [1.29, 1.82) is 0 Å². The van der Waals surface area contributed by atoms with E-state index in [1.165, 1.54) is 22.8 Å². The summed E-state index contributed by atoms with van der Waals surface area (Å²) in [5.74, 6) is 0.981. The topological polar surface area (TPSA) is 55.9 Å². The number of hydrogen-bond acceptors (Lipinski definition) is 3. The molecule has 0 spiro atoms. The molecule has 1 aromatic heterocycles. The highest BCUT2D eigenvalue weighted by Crippen LogP contribution is 2.22. The third-order valence-corrected chi connectivity index (χ3v) is 5.53. The predicted molar refractivity (Wildman–Crippen MR) is 127 cm³/mol. The Morgan fingerprint density at radius 3 is 2.58 bits per heavy atom. The molecule has 31 heavy (non-hydrogen) atoms. The highest BCUT2D eigenvalue weighted by Gasteiger charge is 2.12. The molecule has 3 N–H and O–H groups in total. The molecule has 0 saturated carbocycles. The molecule has 0 fully saturated rings. The first-order chi connectivity index (χ1) is 14.8. The minimum atomic E-state index is -0.342. The number of benzene rings is 2. The maximum atomic E-state index is 14.4. The van der Waals surface area contributed by atoms with Crippen molar-refractivity contribution in [3.8, 4) is 0 Å². The lowest BCUT2D eigenvalue weighted by Gasteiger charge is -2.13. The second kappa shape index (κ2) is 9.92. The number of halogens is 1. The van der Waals surface area contributed by atoms with Gasteiger partial charge < -0.3 is 11.1 Å². The minimum absolute atomic E-state index is 0.304. The van der Waals surface area contributed by atoms with Gasteiger partial charge in [-0.15, -0.1) is 0 Å². The molecule has 3 aromatic rings. The Labute approximate surface area is 185 Å². The molecule has 0 bridgehead atoms. The lowest BCUT2D eigenvalue weighted by molar-refractivity contribution is 0.581. The molecule has 164 valence electrons. The molecule has 4 nitrogen and oxygen atoms in total. The largest absolute Gasteiger partial charge is 0.339 e. The highest BCUT2D eigenvalue weighted by atomic mass is 19.1. The maximum Gasteiger partial charge on any atom is 0.152 e. The average molecular weight is 421 g/mol. The van der Waals surface area contributed by atoms with Crippen LogP contribution in [-0.4, -0.2) is 9.78 Å². The van der Waals surface area contributed by atoms with Gasteiger partial charge in [-0.3, -0.25) is 4.68 Å². The summed E-state index contributed by atoms with van der Waals surface area (Å²) in [6.07, 6.45) is 2.23. The Bertz CT molecular complexity index is 1070. The SMILES string of the molecule is C=C(Nc1cc(C)n(Cc2cc(C)ccc2CCC(C)C)n1)c1ccc(CN)cc1F. The molecule has 0 atom stereocenters. The Hall–Kier alpha value is -2.92. The molecule has 3 rings (SSSR count). The number of nitrogens with one attached hydrogen (secondary N) is 1. The number of anilines is 1. The number of rotatable bonds is 9. The fourth-order valence-corrected chi connectivity index (χ4v) is 3.63. The second-order valence-electron chi connectivity index (χ2n) is 8.66. The zero-order valence-electron chi connectivity index (χ0n) is 19.0. The number of aryl methyl sites for hydroxylation is 3. The fourth-order valence-electron chi connectivity index (χ4n) is 3.63. The number of nitrogens with zero attached hydrogens (tertiary/aromatic N) is 2. The molecule has 0 unspecified atom stereocenters. The second-order valence-corrected chi connectivity index (χ2v) is 8.66. The van der Waals surface area contributed by atoms with E-state index in [2.05, 4.69) is 50.9 Å². The van der Waals surface area contributed by atoms with Crippen LogP contribution in [0, 0.1) is 25.6 Å². The van der Waals surface area contributed by atoms with Crippen molar-refractivity contribution in [3.63, 3.8) is 0 Å². The Balaban J connectivity index is 1.77. The normalized spacial score (nSPS) is 11.2. The van der Waals surface area contributed by atoms with Gasteiger partial charge >= 0.3 is 0 Å². The van der Waals surface area contributed by atoms with Crippen LogP contribution >= 0.6 is 0 Å². The highest BCUT2D eigenvalue weighted by molar-refractivity contribution is 5.74. The predicted octanol–water partition coefficient (Wildman–Crippen LogP) is 5.82. The van der Waals surface area contributed by atoms with Crippen molar-refractivity contribution in [2.24, 2.45) is 11.7 Å². The molecule has 0 radical (unpaired) electrons. The van der Waals surface area contributed by atoms with Crippen LogP contribution in [0.4, 0.5) is 10.2 Å². The van der Waals surface area contributed by atoms with E-state index in [1.54, 1.807) is 6.07 Å². The molecule has 2 aromatic carbocycles. The van der Waals surface area contributed by atoms with Crippen LogP contribution in [0.25, 0.3) is 5.70 Å². The van der Waals surface area contributed by atoms with E-state index in [1.807, 2.05) is 23.7 Å². The summed E-state index contributed by atoms with van der Waals surface area (Å²) in [5.41, 5.74) is 12.2. The molecule has 0 aliphatic heterocycles. The molecule has 0 saturated heterocycles. The van der Waals surface area contributed by atoms with Gasteiger partial charge in [0.15, 0.2) is 5.82 Å². The molecule has 0 amide bonds. The summed E-state index contributed by atoms with van der Waals surface area (Å²) < 4.78 is 16.4. The van der Waals surface area contributed by atoms with Crippen LogP contribution in [-0.2, 0) is 19.5 Å². The standard InChI is InChI=1S/C26H33FN4/c1-17(2)6-9-22-10-7-18(3)12-23(22)16-31-19(4)13-26(30-31)29-20(5)24-11-8-21(15-28)14-25(24)27/h7-8,10-14,17H,5-6,9,15-16,28H2,1-4H3,(H,29,30). The van der Waals surface area contributed by atoms with E-state index in [-0.39, 0.29) is 5.82 Å². The van der Waals surface area contributed by atoms with Crippen LogP contribution in [0.5, 0.6) is 0 Å². The molecular formula is C26H33FN4. The quantitative estimate of drug-likeness (QED) is 0.459. The lowest BCUT2D eigenvalue weighted by Crippen LogP contribution is -2.08. The van der Waals surface area contributed by atoms with Crippen LogP contribution in [0.15, 0.2) is 49.0 Å². The van der Waals surface area contributed by atoms with Crippen LogP contribution in [0.3, 0.4) is 0 Å². The summed E-state index contributed by atoms with van der Waals surface area (Å²) >= 11 is 0. The van der Waals surface area contributed by atoms with E-state index in [0.29, 0.717) is 36.1 Å². The van der Waals surface area contributed by atoms with Gasteiger partial charge in [0.1, 0.15) is 5.82 Å². The van der Waals surface area contributed by atoms with Crippen LogP contribution in [0.1, 0.15) is 53.8 Å². The maximum absolute atomic E-state index is 14.4. The van der Waals surface area contributed by atoms with Gasteiger partial charge in [-0.05, 0) is 61.4 Å². The van der Waals surface area contributed by atoms with Crippen molar-refractivity contribution >= 4 is 11.5 Å². The summed E-state index contributed by atoms with van der Waals surface area (Å²) in [6, 6.07) is 13.6. The first-order valence-electron chi connectivity index (χ1n) is 10.8. The van der Waals surface area contributed by atoms with E-state index in [4.69, 9.17) is 10.8 Å². The number of nitrogens with two attached hydrogens (primary N) is 1. The van der Waals surface area contributed by atoms with Crippen molar-refractivity contribution in [1.82, 2.24) is 9.78 Å². The van der Waals surface area contributed by atoms with Gasteiger partial charge in [0.05, 0.1) is 6.54 Å². The lowest BCUT2D eigenvalue weighted by atomic mass is 9.97. The van der Waals surface area contributed by atoms with E-state index < -0.39 is 0 Å². The van der Waals surface area contributed by atoms with E-state index in [9.17, 15) is 4.39 Å². The summed E-state index contributed by atoms with van der Waals surface area (Å²) in [7, 11) is 0. The Kier molecular flexibility index (Phi) is 7.29. The monoisotopic (exact) mass is 420 g/mol. The third-order valence-electron chi connectivity index (χ3n) is 5.53. The van der Waals surface area contributed by atoms with Gasteiger partial charge in [0.25, 0.3) is 0 Å². The van der Waals surface area contributed by atoms with Gasteiger partial charge in [0.2, 0.25) is 0 Å². The van der Waals surface area contributed by atoms with Gasteiger partial charge in [0, 0.05) is 29.6 Å². The van der Waals surface area contributed by atoms with Gasteiger partial charge in [-0.2, -0.15) is 5.10 Å². The molecule has 5 heteroatoms. The smallest absolute Gasteiger partial charge is 0.152 e. The zero-order valence-corrected chi connectivity index (χ0v) is 19.0. The fraction of sp³-hybridized carbons (Fsp3) is 0.346. The van der Waals surface area contributed by atoms with Crippen molar-refractivity contribution in [3.05, 3.63) is 88.4 Å². The van der Waals surface area contributed by atoms with E-state index in [0.717, 1.165) is 24.1 Å². The van der Waals surface area contributed by atoms with Gasteiger partial charge in [-0.25, -0.2) is 4.39 Å². The number of aromatic nitrogens is 2.